The van der Waals surface area contributed by atoms with Gasteiger partial charge in [-0.05, 0) is 17.9 Å². The topological polar surface area (TPSA) is 64.0 Å². The van der Waals surface area contributed by atoms with Crippen molar-refractivity contribution in [2.75, 3.05) is 12.3 Å². The Balaban J connectivity index is 1.96. The lowest BCUT2D eigenvalue weighted by Gasteiger charge is -2.09. The molecule has 0 aliphatic carbocycles. The fraction of sp³-hybridized carbons (Fsp3) is 0.267. The lowest BCUT2D eigenvalue weighted by molar-refractivity contribution is 0.0949. The second kappa shape index (κ2) is 7.64. The van der Waals surface area contributed by atoms with Crippen molar-refractivity contribution in [3.05, 3.63) is 58.8 Å². The summed E-state index contributed by atoms with van der Waals surface area (Å²) in [7, 11) is 0. The smallest absolute Gasteiger partial charge is 0.253 e. The normalized spacial score (nSPS) is 10.3. The van der Waals surface area contributed by atoms with E-state index in [9.17, 15) is 9.59 Å². The van der Waals surface area contributed by atoms with Crippen LogP contribution in [0.4, 0.5) is 0 Å². The first-order valence-electron chi connectivity index (χ1n) is 6.73. The van der Waals surface area contributed by atoms with Crippen LogP contribution in [0.2, 0.25) is 0 Å². The van der Waals surface area contributed by atoms with Gasteiger partial charge in [-0.15, -0.1) is 11.8 Å². The number of aromatic nitrogens is 2. The zero-order valence-corrected chi connectivity index (χ0v) is 12.6. The first-order valence-corrected chi connectivity index (χ1v) is 7.71. The number of benzene rings is 1. The molecule has 1 aromatic heterocycles. The summed E-state index contributed by atoms with van der Waals surface area (Å²) < 4.78 is 1.47. The van der Waals surface area contributed by atoms with Crippen molar-refractivity contribution in [2.24, 2.45) is 0 Å². The third-order valence-corrected chi connectivity index (χ3v) is 3.82. The number of nitrogens with zero attached hydrogens (tertiary/aromatic N) is 2. The first kappa shape index (κ1) is 15.3. The summed E-state index contributed by atoms with van der Waals surface area (Å²) in [4.78, 5) is 28.6. The average molecular weight is 303 g/mol. The molecule has 0 atom stereocenters. The van der Waals surface area contributed by atoms with Gasteiger partial charge in [0.1, 0.15) is 0 Å². The summed E-state index contributed by atoms with van der Waals surface area (Å²) in [5.41, 5.74) is 0.545. The number of hydrogen-bond donors (Lipinski definition) is 1. The fourth-order valence-electron chi connectivity index (χ4n) is 1.87. The highest BCUT2D eigenvalue weighted by atomic mass is 32.2. The minimum atomic E-state index is -0.124. The van der Waals surface area contributed by atoms with Crippen molar-refractivity contribution in [2.45, 2.75) is 18.4 Å². The molecule has 0 bridgehead atoms. The number of carbonyl (C=O) groups excluding carboxylic acids is 1. The van der Waals surface area contributed by atoms with E-state index in [1.54, 1.807) is 11.8 Å². The van der Waals surface area contributed by atoms with Gasteiger partial charge in [-0.1, -0.05) is 19.1 Å². The lowest BCUT2D eigenvalue weighted by atomic mass is 10.2. The third-order valence-electron chi connectivity index (χ3n) is 2.86. The molecule has 0 spiro atoms. The van der Waals surface area contributed by atoms with Crippen LogP contribution in [0.15, 0.2) is 52.5 Å². The predicted molar refractivity (Wildman–Crippen MR) is 83.7 cm³/mol. The Bertz CT molecular complexity index is 670. The van der Waals surface area contributed by atoms with Crippen molar-refractivity contribution in [1.29, 1.82) is 0 Å². The number of thioether (sulfide) groups is 1. The van der Waals surface area contributed by atoms with Crippen LogP contribution in [-0.2, 0) is 6.54 Å². The second-order valence-corrected chi connectivity index (χ2v) is 5.60. The largest absolute Gasteiger partial charge is 0.350 e. The second-order valence-electron chi connectivity index (χ2n) is 4.30. The van der Waals surface area contributed by atoms with Crippen LogP contribution in [-0.4, -0.2) is 27.8 Å². The van der Waals surface area contributed by atoms with E-state index in [1.165, 1.54) is 23.2 Å². The van der Waals surface area contributed by atoms with E-state index in [1.807, 2.05) is 31.2 Å². The predicted octanol–water partition coefficient (Wildman–Crippen LogP) is 1.79. The minimum absolute atomic E-state index is 0.122. The van der Waals surface area contributed by atoms with Crippen LogP contribution >= 0.6 is 11.8 Å². The van der Waals surface area contributed by atoms with Crippen molar-refractivity contribution < 1.29 is 4.79 Å². The highest BCUT2D eigenvalue weighted by molar-refractivity contribution is 7.99. The molecule has 0 aliphatic heterocycles. The standard InChI is InChI=1S/C15H17N3O2S/c1-2-21-13-6-4-3-5-12(13)15(20)17-9-10-18-11-16-8-7-14(18)19/h3-8,11H,2,9-10H2,1H3,(H,17,20). The highest BCUT2D eigenvalue weighted by Gasteiger charge is 2.10. The number of nitrogens with one attached hydrogen (secondary N) is 1. The Morgan fingerprint density at radius 3 is 2.90 bits per heavy atom. The van der Waals surface area contributed by atoms with Crippen LogP contribution in [0.25, 0.3) is 0 Å². The third kappa shape index (κ3) is 4.19. The van der Waals surface area contributed by atoms with Crippen LogP contribution in [0.1, 0.15) is 17.3 Å². The molecular formula is C15H17N3O2S. The van der Waals surface area contributed by atoms with E-state index in [0.717, 1.165) is 10.6 Å². The summed E-state index contributed by atoms with van der Waals surface area (Å²) >= 11 is 1.64. The van der Waals surface area contributed by atoms with Gasteiger partial charge in [0, 0.05) is 30.2 Å². The molecule has 0 saturated carbocycles. The molecule has 6 heteroatoms. The lowest BCUT2D eigenvalue weighted by Crippen LogP contribution is -2.30. The van der Waals surface area contributed by atoms with Crippen molar-refractivity contribution >= 4 is 17.7 Å². The number of amides is 1. The van der Waals surface area contributed by atoms with Gasteiger partial charge >= 0.3 is 0 Å². The maximum absolute atomic E-state index is 12.2. The van der Waals surface area contributed by atoms with E-state index < -0.39 is 0 Å². The highest BCUT2D eigenvalue weighted by Crippen LogP contribution is 2.21. The Morgan fingerprint density at radius 1 is 1.33 bits per heavy atom. The van der Waals surface area contributed by atoms with Crippen LogP contribution in [0.5, 0.6) is 0 Å². The van der Waals surface area contributed by atoms with Gasteiger partial charge in [-0.3, -0.25) is 14.2 Å². The van der Waals surface area contributed by atoms with Crippen molar-refractivity contribution in [3.8, 4) is 0 Å². The monoisotopic (exact) mass is 303 g/mol. The Morgan fingerprint density at radius 2 is 2.14 bits per heavy atom. The summed E-state index contributed by atoms with van der Waals surface area (Å²) in [6.07, 6.45) is 2.92. The summed E-state index contributed by atoms with van der Waals surface area (Å²) in [5.74, 6) is 0.790. The summed E-state index contributed by atoms with van der Waals surface area (Å²) in [5, 5.41) is 2.83. The molecule has 2 aromatic rings. The van der Waals surface area contributed by atoms with E-state index >= 15 is 0 Å². The quantitative estimate of drug-likeness (QED) is 0.826. The maximum atomic E-state index is 12.2. The molecule has 0 aliphatic rings. The number of hydrogen-bond acceptors (Lipinski definition) is 4. The van der Waals surface area contributed by atoms with Gasteiger partial charge in [0.2, 0.25) is 0 Å². The molecule has 0 fully saturated rings. The van der Waals surface area contributed by atoms with Gasteiger partial charge in [0.05, 0.1) is 11.9 Å². The van der Waals surface area contributed by atoms with E-state index in [4.69, 9.17) is 0 Å². The van der Waals surface area contributed by atoms with Gasteiger partial charge in [0.25, 0.3) is 11.5 Å². The Labute approximate surface area is 127 Å². The molecule has 1 amide bonds. The summed E-state index contributed by atoms with van der Waals surface area (Å²) in [6.45, 7) is 2.84. The zero-order chi connectivity index (χ0) is 15.1. The zero-order valence-electron chi connectivity index (χ0n) is 11.8. The van der Waals surface area contributed by atoms with Crippen LogP contribution < -0.4 is 10.9 Å². The molecule has 0 radical (unpaired) electrons. The molecule has 0 unspecified atom stereocenters. The number of rotatable bonds is 6. The van der Waals surface area contributed by atoms with Crippen molar-refractivity contribution in [1.82, 2.24) is 14.9 Å². The van der Waals surface area contributed by atoms with Crippen LogP contribution in [0.3, 0.4) is 0 Å². The van der Waals surface area contributed by atoms with E-state index in [2.05, 4.69) is 10.3 Å². The molecule has 0 saturated heterocycles. The molecule has 1 heterocycles. The minimum Gasteiger partial charge on any atom is -0.350 e. The molecule has 2 rings (SSSR count). The SMILES string of the molecule is CCSc1ccccc1C(=O)NCCn1cnccc1=O. The van der Waals surface area contributed by atoms with Gasteiger partial charge in [-0.2, -0.15) is 0 Å². The fourth-order valence-corrected chi connectivity index (χ4v) is 2.67. The molecule has 5 nitrogen and oxygen atoms in total. The Kier molecular flexibility index (Phi) is 5.57. The van der Waals surface area contributed by atoms with Crippen LogP contribution in [0, 0.1) is 0 Å². The molecular weight excluding hydrogens is 286 g/mol. The molecule has 110 valence electrons. The molecule has 21 heavy (non-hydrogen) atoms. The maximum Gasteiger partial charge on any atom is 0.253 e. The van der Waals surface area contributed by atoms with E-state index in [0.29, 0.717) is 18.7 Å². The van der Waals surface area contributed by atoms with Crippen molar-refractivity contribution in [3.63, 3.8) is 0 Å². The average Bonchev–Trinajstić information content (AvgIpc) is 2.50. The number of carbonyl (C=O) groups is 1. The molecule has 1 N–H and O–H groups in total. The summed E-state index contributed by atoms with van der Waals surface area (Å²) in [6, 6.07) is 8.91. The molecule has 1 aromatic carbocycles. The van der Waals surface area contributed by atoms with Gasteiger partial charge in [0.15, 0.2) is 0 Å². The van der Waals surface area contributed by atoms with E-state index in [-0.39, 0.29) is 11.5 Å². The van der Waals surface area contributed by atoms with Gasteiger partial charge in [-0.25, -0.2) is 4.98 Å². The first-order chi connectivity index (χ1) is 10.2. The Hall–Kier alpha value is -2.08. The van der Waals surface area contributed by atoms with Gasteiger partial charge < -0.3 is 5.32 Å².